The van der Waals surface area contributed by atoms with E-state index < -0.39 is 22.1 Å². The van der Waals surface area contributed by atoms with Gasteiger partial charge in [0, 0.05) is 5.56 Å². The Kier molecular flexibility index (Phi) is 7.95. The van der Waals surface area contributed by atoms with Gasteiger partial charge in [-0.3, -0.25) is 9.10 Å². The number of rotatable bonds is 9. The van der Waals surface area contributed by atoms with Crippen LogP contribution in [0.2, 0.25) is 0 Å². The molecule has 2 rings (SSSR count). The van der Waals surface area contributed by atoms with Crippen molar-refractivity contribution in [2.24, 2.45) is 0 Å². The number of carbonyl (C=O) groups excluding carboxylic acids is 1. The van der Waals surface area contributed by atoms with Crippen LogP contribution in [0.5, 0.6) is 11.5 Å². The van der Waals surface area contributed by atoms with Crippen LogP contribution in [0.15, 0.2) is 36.4 Å². The highest BCUT2D eigenvalue weighted by molar-refractivity contribution is 7.92. The smallest absolute Gasteiger partial charge is 0.244 e. The van der Waals surface area contributed by atoms with E-state index in [0.717, 1.165) is 22.9 Å². The Bertz CT molecular complexity index is 1040. The summed E-state index contributed by atoms with van der Waals surface area (Å²) in [5, 5.41) is 2.95. The second-order valence-corrected chi connectivity index (χ2v) is 9.47. The molecule has 1 amide bonds. The van der Waals surface area contributed by atoms with Gasteiger partial charge in [-0.25, -0.2) is 8.42 Å². The maximum absolute atomic E-state index is 13.3. The van der Waals surface area contributed by atoms with Crippen molar-refractivity contribution >= 4 is 21.6 Å². The Labute approximate surface area is 185 Å². The van der Waals surface area contributed by atoms with Crippen LogP contribution in [0.4, 0.5) is 5.69 Å². The minimum absolute atomic E-state index is 0.314. The summed E-state index contributed by atoms with van der Waals surface area (Å²) >= 11 is 0. The lowest BCUT2D eigenvalue weighted by atomic mass is 10.0. The average Bonchev–Trinajstić information content (AvgIpc) is 2.72. The number of ether oxygens (including phenoxy) is 2. The predicted molar refractivity (Wildman–Crippen MR) is 123 cm³/mol. The number of methoxy groups -OCH3 is 2. The molecule has 2 atom stereocenters. The highest BCUT2D eigenvalue weighted by Crippen LogP contribution is 2.31. The maximum Gasteiger partial charge on any atom is 0.244 e. The molecule has 0 spiro atoms. The maximum atomic E-state index is 13.3. The Hall–Kier alpha value is -2.74. The van der Waals surface area contributed by atoms with Gasteiger partial charge >= 0.3 is 0 Å². The number of hydrogen-bond acceptors (Lipinski definition) is 5. The van der Waals surface area contributed by atoms with Crippen molar-refractivity contribution in [1.82, 2.24) is 5.32 Å². The standard InChI is InChI=1S/C23H32N2O5S/c1-8-20(25(31(7,27)28)21-13-15(2)9-10-16(21)3)23(26)24-17(4)19-14-18(29-5)11-12-22(19)30-6/h9-14,17,20H,8H2,1-7H3,(H,24,26)/t17-,20-/m1/s1. The number of amides is 1. The molecule has 0 aliphatic heterocycles. The van der Waals surface area contributed by atoms with Gasteiger partial charge in [-0.15, -0.1) is 0 Å². The zero-order valence-corrected chi connectivity index (χ0v) is 20.0. The summed E-state index contributed by atoms with van der Waals surface area (Å²) < 4.78 is 37.4. The second-order valence-electron chi connectivity index (χ2n) is 7.61. The molecule has 1 N–H and O–H groups in total. The molecule has 0 unspecified atom stereocenters. The van der Waals surface area contributed by atoms with Crippen molar-refractivity contribution < 1.29 is 22.7 Å². The van der Waals surface area contributed by atoms with Gasteiger partial charge in [0.25, 0.3) is 0 Å². The molecule has 0 aliphatic carbocycles. The van der Waals surface area contributed by atoms with E-state index in [9.17, 15) is 13.2 Å². The molecule has 8 heteroatoms. The van der Waals surface area contributed by atoms with Gasteiger partial charge in [-0.05, 0) is 62.6 Å². The number of benzene rings is 2. The molecular weight excluding hydrogens is 416 g/mol. The third kappa shape index (κ3) is 5.70. The van der Waals surface area contributed by atoms with Crippen LogP contribution in [0, 0.1) is 13.8 Å². The summed E-state index contributed by atoms with van der Waals surface area (Å²) in [4.78, 5) is 13.3. The van der Waals surface area contributed by atoms with Gasteiger partial charge in [0.2, 0.25) is 15.9 Å². The third-order valence-electron chi connectivity index (χ3n) is 5.19. The topological polar surface area (TPSA) is 84.9 Å². The zero-order valence-electron chi connectivity index (χ0n) is 19.2. The van der Waals surface area contributed by atoms with Crippen molar-refractivity contribution in [2.75, 3.05) is 24.8 Å². The molecular formula is C23H32N2O5S. The molecule has 0 aromatic heterocycles. The van der Waals surface area contributed by atoms with Crippen molar-refractivity contribution in [3.05, 3.63) is 53.1 Å². The van der Waals surface area contributed by atoms with E-state index in [-0.39, 0.29) is 5.91 Å². The Morgan fingerprint density at radius 3 is 2.32 bits per heavy atom. The van der Waals surface area contributed by atoms with Gasteiger partial charge < -0.3 is 14.8 Å². The lowest BCUT2D eigenvalue weighted by Gasteiger charge is -2.32. The molecule has 0 bridgehead atoms. The quantitative estimate of drug-likeness (QED) is 0.632. The fourth-order valence-corrected chi connectivity index (χ4v) is 4.82. The number of aryl methyl sites for hydroxylation is 2. The first kappa shape index (κ1) is 24.5. The monoisotopic (exact) mass is 448 g/mol. The average molecular weight is 449 g/mol. The van der Waals surface area contributed by atoms with Gasteiger partial charge in [-0.1, -0.05) is 19.1 Å². The minimum atomic E-state index is -3.71. The second kappa shape index (κ2) is 10.0. The normalized spacial score (nSPS) is 13.3. The number of nitrogens with zero attached hydrogens (tertiary/aromatic N) is 1. The molecule has 0 saturated heterocycles. The lowest BCUT2D eigenvalue weighted by molar-refractivity contribution is -0.122. The molecule has 0 saturated carbocycles. The molecule has 31 heavy (non-hydrogen) atoms. The van der Waals surface area contributed by atoms with Crippen LogP contribution in [-0.2, 0) is 14.8 Å². The first-order valence-electron chi connectivity index (χ1n) is 10.1. The number of anilines is 1. The minimum Gasteiger partial charge on any atom is -0.497 e. The first-order valence-corrected chi connectivity index (χ1v) is 12.0. The van der Waals surface area contributed by atoms with E-state index in [0.29, 0.717) is 23.6 Å². The summed E-state index contributed by atoms with van der Waals surface area (Å²) in [5.41, 5.74) is 2.95. The zero-order chi connectivity index (χ0) is 23.3. The van der Waals surface area contributed by atoms with Crippen LogP contribution in [0.25, 0.3) is 0 Å². The van der Waals surface area contributed by atoms with Crippen LogP contribution in [0.1, 0.15) is 43.0 Å². The molecule has 0 radical (unpaired) electrons. The number of nitrogens with one attached hydrogen (secondary N) is 1. The fraction of sp³-hybridized carbons (Fsp3) is 0.435. The first-order chi connectivity index (χ1) is 14.5. The molecule has 0 heterocycles. The Morgan fingerprint density at radius 1 is 1.10 bits per heavy atom. The number of hydrogen-bond donors (Lipinski definition) is 1. The molecule has 2 aromatic rings. The van der Waals surface area contributed by atoms with E-state index in [1.165, 1.54) is 4.31 Å². The van der Waals surface area contributed by atoms with Crippen LogP contribution < -0.4 is 19.1 Å². The largest absolute Gasteiger partial charge is 0.497 e. The van der Waals surface area contributed by atoms with Gasteiger partial charge in [0.05, 0.1) is 32.2 Å². The van der Waals surface area contributed by atoms with E-state index in [4.69, 9.17) is 9.47 Å². The van der Waals surface area contributed by atoms with Crippen LogP contribution in [0.3, 0.4) is 0 Å². The Balaban J connectivity index is 2.42. The highest BCUT2D eigenvalue weighted by atomic mass is 32.2. The number of sulfonamides is 1. The summed E-state index contributed by atoms with van der Waals surface area (Å²) in [6.07, 6.45) is 1.44. The highest BCUT2D eigenvalue weighted by Gasteiger charge is 2.33. The van der Waals surface area contributed by atoms with Crippen molar-refractivity contribution in [3.63, 3.8) is 0 Å². The van der Waals surface area contributed by atoms with Crippen molar-refractivity contribution in [3.8, 4) is 11.5 Å². The predicted octanol–water partition coefficient (Wildman–Crippen LogP) is 3.74. The lowest BCUT2D eigenvalue weighted by Crippen LogP contribution is -2.50. The van der Waals surface area contributed by atoms with E-state index >= 15 is 0 Å². The molecule has 0 aliphatic rings. The SMILES string of the molecule is CC[C@H](C(=O)N[C@H](C)c1cc(OC)ccc1OC)N(c1cc(C)ccc1C)S(C)(=O)=O. The fourth-order valence-electron chi connectivity index (χ4n) is 3.56. The van der Waals surface area contributed by atoms with Crippen molar-refractivity contribution in [1.29, 1.82) is 0 Å². The summed E-state index contributed by atoms with van der Waals surface area (Å²) in [7, 11) is -0.588. The van der Waals surface area contributed by atoms with Gasteiger partial charge in [-0.2, -0.15) is 0 Å². The Morgan fingerprint density at radius 2 is 1.77 bits per heavy atom. The van der Waals surface area contributed by atoms with E-state index in [1.54, 1.807) is 45.4 Å². The molecule has 0 fully saturated rings. The molecule has 2 aromatic carbocycles. The van der Waals surface area contributed by atoms with E-state index in [2.05, 4.69) is 5.32 Å². The summed E-state index contributed by atoms with van der Waals surface area (Å²) in [6.45, 7) is 7.35. The molecule has 170 valence electrons. The van der Waals surface area contributed by atoms with Crippen LogP contribution >= 0.6 is 0 Å². The van der Waals surface area contributed by atoms with Gasteiger partial charge in [0.15, 0.2) is 0 Å². The number of carbonyl (C=O) groups is 1. The van der Waals surface area contributed by atoms with Crippen molar-refractivity contribution in [2.45, 2.75) is 46.2 Å². The molecule has 7 nitrogen and oxygen atoms in total. The summed E-state index contributed by atoms with van der Waals surface area (Å²) in [6, 6.07) is 9.59. The van der Waals surface area contributed by atoms with Crippen LogP contribution in [-0.4, -0.2) is 40.8 Å². The summed E-state index contributed by atoms with van der Waals surface area (Å²) in [5.74, 6) is 0.861. The third-order valence-corrected chi connectivity index (χ3v) is 6.36. The van der Waals surface area contributed by atoms with Gasteiger partial charge in [0.1, 0.15) is 17.5 Å². The van der Waals surface area contributed by atoms with E-state index in [1.807, 2.05) is 32.9 Å².